The molecule has 1 aliphatic carbocycles. The maximum absolute atomic E-state index is 12.8. The topological polar surface area (TPSA) is 59.3 Å². The highest BCUT2D eigenvalue weighted by molar-refractivity contribution is 7.92. The molecule has 0 saturated heterocycles. The lowest BCUT2D eigenvalue weighted by Crippen LogP contribution is -2.26. The Bertz CT molecular complexity index is 1140. The average Bonchev–Trinajstić information content (AvgIpc) is 3.04. The molecule has 4 nitrogen and oxygen atoms in total. The minimum atomic E-state index is -3.63. The second-order valence-electron chi connectivity index (χ2n) is 9.12. The molecule has 29 heavy (non-hydrogen) atoms. The van der Waals surface area contributed by atoms with Crippen molar-refractivity contribution < 1.29 is 12.8 Å². The molecule has 5 heteroatoms. The number of sulfonamides is 1. The summed E-state index contributed by atoms with van der Waals surface area (Å²) in [6, 6.07) is 12.6. The zero-order valence-corrected chi connectivity index (χ0v) is 18.4. The van der Waals surface area contributed by atoms with Gasteiger partial charge in [-0.3, -0.25) is 4.72 Å². The minimum absolute atomic E-state index is 0.241. The Hall–Kier alpha value is -2.27. The molecule has 0 aliphatic heterocycles. The molecule has 0 bridgehead atoms. The van der Waals surface area contributed by atoms with Crippen LogP contribution in [0.2, 0.25) is 0 Å². The Kier molecular flexibility index (Phi) is 4.97. The molecule has 1 unspecified atom stereocenters. The quantitative estimate of drug-likeness (QED) is 0.577. The van der Waals surface area contributed by atoms with Crippen molar-refractivity contribution in [3.8, 4) is 0 Å². The smallest absolute Gasteiger partial charge is 0.261 e. The van der Waals surface area contributed by atoms with E-state index in [1.165, 1.54) is 5.56 Å². The van der Waals surface area contributed by atoms with Crippen LogP contribution in [0.15, 0.2) is 51.8 Å². The molecule has 0 radical (unpaired) electrons. The number of nitrogens with one attached hydrogen (secondary N) is 1. The van der Waals surface area contributed by atoms with Crippen LogP contribution in [-0.4, -0.2) is 8.42 Å². The summed E-state index contributed by atoms with van der Waals surface area (Å²) in [6.45, 7) is 8.91. The fourth-order valence-corrected chi connectivity index (χ4v) is 5.25. The van der Waals surface area contributed by atoms with E-state index in [-0.39, 0.29) is 10.3 Å². The summed E-state index contributed by atoms with van der Waals surface area (Å²) in [5, 5.41) is 1.02. The highest BCUT2D eigenvalue weighted by Crippen LogP contribution is 2.41. The Morgan fingerprint density at radius 1 is 1.10 bits per heavy atom. The number of furan rings is 1. The monoisotopic (exact) mass is 411 g/mol. The predicted octanol–water partition coefficient (Wildman–Crippen LogP) is 5.95. The van der Waals surface area contributed by atoms with Crippen molar-refractivity contribution in [2.24, 2.45) is 11.3 Å². The first kappa shape index (κ1) is 20.0. The van der Waals surface area contributed by atoms with E-state index < -0.39 is 10.0 Å². The van der Waals surface area contributed by atoms with Gasteiger partial charge in [0, 0.05) is 23.1 Å². The van der Waals surface area contributed by atoms with E-state index in [0.29, 0.717) is 11.6 Å². The van der Waals surface area contributed by atoms with Crippen molar-refractivity contribution in [2.75, 3.05) is 4.72 Å². The lowest BCUT2D eigenvalue weighted by molar-refractivity contribution is 0.210. The molecular formula is C24H29NO3S. The predicted molar refractivity (Wildman–Crippen MR) is 118 cm³/mol. The van der Waals surface area contributed by atoms with Gasteiger partial charge in [0.2, 0.25) is 0 Å². The van der Waals surface area contributed by atoms with E-state index in [4.69, 9.17) is 4.42 Å². The zero-order chi connectivity index (χ0) is 20.8. The van der Waals surface area contributed by atoms with Gasteiger partial charge in [0.15, 0.2) is 0 Å². The average molecular weight is 412 g/mol. The number of fused-ring (bicyclic) bond motifs is 3. The number of benzene rings is 2. The summed E-state index contributed by atoms with van der Waals surface area (Å²) in [6.07, 6.45) is 3.92. The number of rotatable bonds is 4. The summed E-state index contributed by atoms with van der Waals surface area (Å²) in [4.78, 5) is 0.275. The van der Waals surface area contributed by atoms with E-state index >= 15 is 0 Å². The molecule has 0 fully saturated rings. The minimum Gasteiger partial charge on any atom is -0.461 e. The van der Waals surface area contributed by atoms with Crippen molar-refractivity contribution in [1.29, 1.82) is 0 Å². The van der Waals surface area contributed by atoms with Crippen LogP contribution in [0.5, 0.6) is 0 Å². The first-order chi connectivity index (χ1) is 13.7. The van der Waals surface area contributed by atoms with Gasteiger partial charge in [-0.25, -0.2) is 8.42 Å². The molecule has 2 aromatic carbocycles. The van der Waals surface area contributed by atoms with E-state index in [0.717, 1.165) is 48.0 Å². The first-order valence-corrected chi connectivity index (χ1v) is 11.8. The third kappa shape index (κ3) is 3.93. The third-order valence-electron chi connectivity index (χ3n) is 6.16. The number of anilines is 1. The molecule has 3 aromatic rings. The summed E-state index contributed by atoms with van der Waals surface area (Å²) < 4.78 is 34.4. The normalized spacial score (nSPS) is 17.3. The van der Waals surface area contributed by atoms with Crippen molar-refractivity contribution in [3.63, 3.8) is 0 Å². The highest BCUT2D eigenvalue weighted by Gasteiger charge is 2.31. The summed E-state index contributed by atoms with van der Waals surface area (Å²) >= 11 is 0. The van der Waals surface area contributed by atoms with E-state index in [1.54, 1.807) is 18.2 Å². The summed E-state index contributed by atoms with van der Waals surface area (Å²) in [5.41, 5.74) is 3.99. The maximum atomic E-state index is 12.8. The number of aryl methyl sites for hydroxylation is 2. The van der Waals surface area contributed by atoms with Gasteiger partial charge in [-0.05, 0) is 66.5 Å². The van der Waals surface area contributed by atoms with Crippen molar-refractivity contribution in [3.05, 3.63) is 59.4 Å². The maximum Gasteiger partial charge on any atom is 0.261 e. The summed E-state index contributed by atoms with van der Waals surface area (Å²) in [7, 11) is -3.63. The molecule has 4 rings (SSSR count). The van der Waals surface area contributed by atoms with Crippen LogP contribution in [0.4, 0.5) is 5.69 Å². The van der Waals surface area contributed by atoms with Crippen LogP contribution in [0.3, 0.4) is 0 Å². The SMILES string of the molecule is CCc1ccc(S(=O)(=O)Nc2ccc3oc4c(c3c2)CC(C(C)(C)C)CC4)cc1. The van der Waals surface area contributed by atoms with Crippen LogP contribution in [0.1, 0.15) is 51.0 Å². The van der Waals surface area contributed by atoms with Gasteiger partial charge < -0.3 is 4.42 Å². The van der Waals surface area contributed by atoms with E-state index in [2.05, 4.69) is 25.5 Å². The largest absolute Gasteiger partial charge is 0.461 e. The Balaban J connectivity index is 1.65. The summed E-state index contributed by atoms with van der Waals surface area (Å²) in [5.74, 6) is 1.64. The first-order valence-electron chi connectivity index (χ1n) is 10.3. The van der Waals surface area contributed by atoms with Crippen LogP contribution in [0.25, 0.3) is 11.0 Å². The zero-order valence-electron chi connectivity index (χ0n) is 17.6. The van der Waals surface area contributed by atoms with Crippen LogP contribution < -0.4 is 4.72 Å². The van der Waals surface area contributed by atoms with E-state index in [9.17, 15) is 8.42 Å². The van der Waals surface area contributed by atoms with Crippen LogP contribution in [0, 0.1) is 11.3 Å². The van der Waals surface area contributed by atoms with Crippen LogP contribution in [-0.2, 0) is 29.3 Å². The van der Waals surface area contributed by atoms with Crippen molar-refractivity contribution >= 4 is 26.7 Å². The molecule has 1 aliphatic rings. The van der Waals surface area contributed by atoms with Crippen molar-refractivity contribution in [1.82, 2.24) is 0 Å². The van der Waals surface area contributed by atoms with Gasteiger partial charge in [-0.1, -0.05) is 39.8 Å². The lowest BCUT2D eigenvalue weighted by Gasteiger charge is -2.33. The van der Waals surface area contributed by atoms with Gasteiger partial charge in [0.05, 0.1) is 4.90 Å². The van der Waals surface area contributed by atoms with Gasteiger partial charge in [0.1, 0.15) is 11.3 Å². The molecule has 0 saturated carbocycles. The van der Waals surface area contributed by atoms with Crippen molar-refractivity contribution in [2.45, 2.75) is 58.3 Å². The molecule has 1 N–H and O–H groups in total. The second kappa shape index (κ2) is 7.21. The molecule has 0 spiro atoms. The molecule has 1 aromatic heterocycles. The number of hydrogen-bond donors (Lipinski definition) is 1. The fraction of sp³-hybridized carbons (Fsp3) is 0.417. The standard InChI is InChI=1S/C24H29NO3S/c1-5-16-6-10-19(11-7-16)29(26,27)25-18-9-13-23-21(15-18)20-14-17(24(2,3)4)8-12-22(20)28-23/h6-7,9-11,13,15,17,25H,5,8,12,14H2,1-4H3. The van der Waals surface area contributed by atoms with E-state index in [1.807, 2.05) is 31.2 Å². The van der Waals surface area contributed by atoms with Gasteiger partial charge in [-0.15, -0.1) is 0 Å². The molecular weight excluding hydrogens is 382 g/mol. The van der Waals surface area contributed by atoms with Gasteiger partial charge in [-0.2, -0.15) is 0 Å². The van der Waals surface area contributed by atoms with Gasteiger partial charge in [0.25, 0.3) is 10.0 Å². The number of hydrogen-bond acceptors (Lipinski definition) is 3. The molecule has 1 atom stereocenters. The Morgan fingerprint density at radius 2 is 1.83 bits per heavy atom. The molecule has 0 amide bonds. The third-order valence-corrected chi connectivity index (χ3v) is 7.56. The van der Waals surface area contributed by atoms with Gasteiger partial charge >= 0.3 is 0 Å². The van der Waals surface area contributed by atoms with Crippen LogP contribution >= 0.6 is 0 Å². The lowest BCUT2D eigenvalue weighted by atomic mass is 9.71. The highest BCUT2D eigenvalue weighted by atomic mass is 32.2. The molecule has 1 heterocycles. The second-order valence-corrected chi connectivity index (χ2v) is 10.8. The molecule has 154 valence electrons. The fourth-order valence-electron chi connectivity index (χ4n) is 4.20. The Morgan fingerprint density at radius 3 is 2.48 bits per heavy atom. The Labute approximate surface area is 173 Å².